The van der Waals surface area contributed by atoms with Gasteiger partial charge in [0.1, 0.15) is 0 Å². The van der Waals surface area contributed by atoms with Gasteiger partial charge in [-0.15, -0.1) is 0 Å². The van der Waals surface area contributed by atoms with Crippen molar-refractivity contribution in [3.8, 4) is 0 Å². The van der Waals surface area contributed by atoms with E-state index in [0.29, 0.717) is 6.54 Å². The lowest BCUT2D eigenvalue weighted by molar-refractivity contribution is -0.331. The van der Waals surface area contributed by atoms with E-state index >= 15 is 0 Å². The van der Waals surface area contributed by atoms with Crippen LogP contribution in [-0.2, 0) is 0 Å². The fourth-order valence-electron chi connectivity index (χ4n) is 1.87. The van der Waals surface area contributed by atoms with Crippen LogP contribution >= 0.6 is 0 Å². The highest BCUT2D eigenvalue weighted by atomic mass is 16.7. The molecule has 0 saturated heterocycles. The lowest BCUT2D eigenvalue weighted by atomic mass is 10.1. The second kappa shape index (κ2) is 11.0. The van der Waals surface area contributed by atoms with Crippen LogP contribution in [-0.4, -0.2) is 28.0 Å². The van der Waals surface area contributed by atoms with Gasteiger partial charge < -0.3 is 15.3 Å². The van der Waals surface area contributed by atoms with Crippen molar-refractivity contribution < 1.29 is 15.3 Å². The van der Waals surface area contributed by atoms with E-state index in [9.17, 15) is 0 Å². The number of nitrogens with one attached hydrogen (secondary N) is 1. The van der Waals surface area contributed by atoms with Crippen molar-refractivity contribution in [3.63, 3.8) is 0 Å². The molecule has 0 atom stereocenters. The zero-order valence-electron chi connectivity index (χ0n) is 11.1. The fraction of sp³-hybridized carbons (Fsp3) is 1.00. The van der Waals surface area contributed by atoms with Crippen molar-refractivity contribution in [2.75, 3.05) is 6.54 Å². The SMILES string of the molecule is CCCCCCCCCCCCNC(O)(O)O. The summed E-state index contributed by atoms with van der Waals surface area (Å²) in [5, 5.41) is 27.9. The minimum absolute atomic E-state index is 0.431. The third-order valence-corrected chi connectivity index (χ3v) is 2.89. The Labute approximate surface area is 105 Å². The fourth-order valence-corrected chi connectivity index (χ4v) is 1.87. The van der Waals surface area contributed by atoms with Crippen LogP contribution in [0.2, 0.25) is 0 Å². The molecule has 0 aromatic carbocycles. The molecule has 0 aromatic heterocycles. The second-order valence-electron chi connectivity index (χ2n) is 4.74. The van der Waals surface area contributed by atoms with Crippen molar-refractivity contribution in [3.05, 3.63) is 0 Å². The van der Waals surface area contributed by atoms with E-state index in [1.165, 1.54) is 51.4 Å². The first-order valence-electron chi connectivity index (χ1n) is 6.98. The molecule has 0 aliphatic heterocycles. The molecule has 17 heavy (non-hydrogen) atoms. The van der Waals surface area contributed by atoms with Crippen LogP contribution in [0.1, 0.15) is 71.1 Å². The molecule has 0 amide bonds. The Hall–Kier alpha value is -0.160. The minimum atomic E-state index is -2.71. The van der Waals surface area contributed by atoms with Crippen molar-refractivity contribution in [1.82, 2.24) is 5.32 Å². The molecule has 4 N–H and O–H groups in total. The van der Waals surface area contributed by atoms with Gasteiger partial charge in [-0.1, -0.05) is 64.7 Å². The van der Waals surface area contributed by atoms with Crippen LogP contribution in [0.5, 0.6) is 0 Å². The van der Waals surface area contributed by atoms with Crippen molar-refractivity contribution in [2.24, 2.45) is 0 Å². The number of aliphatic hydroxyl groups is 3. The van der Waals surface area contributed by atoms with Crippen molar-refractivity contribution >= 4 is 0 Å². The van der Waals surface area contributed by atoms with E-state index in [1.807, 2.05) is 0 Å². The van der Waals surface area contributed by atoms with Gasteiger partial charge in [-0.3, -0.25) is 0 Å². The molecule has 0 aliphatic rings. The van der Waals surface area contributed by atoms with Crippen LogP contribution in [0.4, 0.5) is 0 Å². The Morgan fingerprint density at radius 2 is 1.12 bits per heavy atom. The van der Waals surface area contributed by atoms with E-state index in [1.54, 1.807) is 0 Å². The topological polar surface area (TPSA) is 72.7 Å². The van der Waals surface area contributed by atoms with Crippen molar-refractivity contribution in [2.45, 2.75) is 77.2 Å². The lowest BCUT2D eigenvalue weighted by Gasteiger charge is -2.14. The Balaban J connectivity index is 2.99. The molecule has 0 heterocycles. The summed E-state index contributed by atoms with van der Waals surface area (Å²) in [4.78, 5) is 0. The Kier molecular flexibility index (Phi) is 10.9. The largest absolute Gasteiger partial charge is 0.343 e. The molecule has 0 bridgehead atoms. The molecule has 104 valence electrons. The Morgan fingerprint density at radius 1 is 0.706 bits per heavy atom. The molecule has 0 aromatic rings. The van der Waals surface area contributed by atoms with Gasteiger partial charge in [-0.05, 0) is 6.42 Å². The van der Waals surface area contributed by atoms with E-state index in [4.69, 9.17) is 15.3 Å². The molecule has 0 aliphatic carbocycles. The first kappa shape index (κ1) is 16.8. The maximum absolute atomic E-state index is 8.56. The highest BCUT2D eigenvalue weighted by Gasteiger charge is 2.15. The molecule has 0 saturated carbocycles. The molecule has 4 heteroatoms. The molecular weight excluding hydrogens is 218 g/mol. The predicted molar refractivity (Wildman–Crippen MR) is 69.2 cm³/mol. The quantitative estimate of drug-likeness (QED) is 0.315. The van der Waals surface area contributed by atoms with Gasteiger partial charge in [0.05, 0.1) is 0 Å². The highest BCUT2D eigenvalue weighted by molar-refractivity contribution is 4.50. The highest BCUT2D eigenvalue weighted by Crippen LogP contribution is 2.10. The third-order valence-electron chi connectivity index (χ3n) is 2.89. The van der Waals surface area contributed by atoms with Gasteiger partial charge >= 0.3 is 6.10 Å². The zero-order chi connectivity index (χ0) is 13.0. The van der Waals surface area contributed by atoms with E-state index in [2.05, 4.69) is 12.2 Å². The van der Waals surface area contributed by atoms with Gasteiger partial charge in [0.2, 0.25) is 0 Å². The monoisotopic (exact) mass is 247 g/mol. The normalized spacial score (nSPS) is 12.0. The van der Waals surface area contributed by atoms with Crippen LogP contribution in [0, 0.1) is 0 Å². The molecule has 0 unspecified atom stereocenters. The Morgan fingerprint density at radius 3 is 1.53 bits per heavy atom. The van der Waals surface area contributed by atoms with E-state index < -0.39 is 6.10 Å². The lowest BCUT2D eigenvalue weighted by Crippen LogP contribution is -2.45. The average Bonchev–Trinajstić information content (AvgIpc) is 2.24. The maximum atomic E-state index is 8.56. The summed E-state index contributed by atoms with van der Waals surface area (Å²) in [5.41, 5.74) is 0. The van der Waals surface area contributed by atoms with Crippen LogP contribution in [0.15, 0.2) is 0 Å². The van der Waals surface area contributed by atoms with Gasteiger partial charge in [-0.2, -0.15) is 0 Å². The van der Waals surface area contributed by atoms with E-state index in [-0.39, 0.29) is 0 Å². The molecule has 4 nitrogen and oxygen atoms in total. The first-order chi connectivity index (χ1) is 8.06. The molecule has 0 spiro atoms. The summed E-state index contributed by atoms with van der Waals surface area (Å²) < 4.78 is 0. The van der Waals surface area contributed by atoms with Gasteiger partial charge in [0, 0.05) is 6.54 Å². The number of unbranched alkanes of at least 4 members (excludes halogenated alkanes) is 9. The second-order valence-corrected chi connectivity index (χ2v) is 4.74. The molecule has 0 radical (unpaired) electrons. The summed E-state index contributed by atoms with van der Waals surface area (Å²) >= 11 is 0. The van der Waals surface area contributed by atoms with Crippen LogP contribution in [0.3, 0.4) is 0 Å². The zero-order valence-corrected chi connectivity index (χ0v) is 11.1. The van der Waals surface area contributed by atoms with E-state index in [0.717, 1.165) is 12.8 Å². The summed E-state index contributed by atoms with van der Waals surface area (Å²) in [6.07, 6.45) is 9.69. The molecule has 0 fully saturated rings. The van der Waals surface area contributed by atoms with Gasteiger partial charge in [-0.25, -0.2) is 5.32 Å². The summed E-state index contributed by atoms with van der Waals surface area (Å²) in [5.74, 6) is 0. The summed E-state index contributed by atoms with van der Waals surface area (Å²) in [6, 6.07) is 0. The predicted octanol–water partition coefficient (Wildman–Crippen LogP) is 2.09. The number of hydrogen-bond acceptors (Lipinski definition) is 4. The molecular formula is C13H29NO3. The summed E-state index contributed by atoms with van der Waals surface area (Å²) in [6.45, 7) is 2.66. The number of rotatable bonds is 12. The first-order valence-corrected chi connectivity index (χ1v) is 6.98. The third kappa shape index (κ3) is 15.8. The van der Waals surface area contributed by atoms with Crippen LogP contribution in [0.25, 0.3) is 0 Å². The number of hydrogen-bond donors (Lipinski definition) is 4. The molecule has 0 rings (SSSR count). The average molecular weight is 247 g/mol. The standard InChI is InChI=1S/C13H29NO3/c1-2-3-4-5-6-7-8-9-10-11-12-14-13(15,16)17/h14-17H,2-12H2,1H3. The van der Waals surface area contributed by atoms with Gasteiger partial charge in [0.25, 0.3) is 0 Å². The summed E-state index contributed by atoms with van der Waals surface area (Å²) in [7, 11) is 0. The van der Waals surface area contributed by atoms with Gasteiger partial charge in [0.15, 0.2) is 0 Å². The minimum Gasteiger partial charge on any atom is -0.330 e. The Bertz CT molecular complexity index is 157. The smallest absolute Gasteiger partial charge is 0.330 e. The maximum Gasteiger partial charge on any atom is 0.343 e. The van der Waals surface area contributed by atoms with Crippen LogP contribution < -0.4 is 5.32 Å². The van der Waals surface area contributed by atoms with Crippen molar-refractivity contribution in [1.29, 1.82) is 0 Å².